The predicted octanol–water partition coefficient (Wildman–Crippen LogP) is 4.56. The number of rotatable bonds is 3. The summed E-state index contributed by atoms with van der Waals surface area (Å²) >= 11 is 0. The molecule has 0 amide bonds. The molecule has 1 fully saturated rings. The topological polar surface area (TPSA) is 49.5 Å². The van der Waals surface area contributed by atoms with E-state index in [0.717, 1.165) is 31.4 Å². The fourth-order valence-electron chi connectivity index (χ4n) is 3.93. The summed E-state index contributed by atoms with van der Waals surface area (Å²) in [4.78, 5) is 0. The summed E-state index contributed by atoms with van der Waals surface area (Å²) in [5.41, 5.74) is 3.64. The molecule has 25 heavy (non-hydrogen) atoms. The van der Waals surface area contributed by atoms with Gasteiger partial charge in [0.1, 0.15) is 5.75 Å². The highest BCUT2D eigenvalue weighted by Crippen LogP contribution is 2.38. The fraction of sp³-hybridized carbons (Fsp3) is 0.455. The first kappa shape index (κ1) is 18.0. The average molecular weight is 338 g/mol. The molecule has 0 aliphatic carbocycles. The van der Waals surface area contributed by atoms with Gasteiger partial charge in [0.25, 0.3) is 0 Å². The molecule has 0 aromatic heterocycles. The standard InChI is InChI=1S/C22H30N2O/c1-22(2,3)19-11-12-20(25)18(15-19)14-17-10-7-13-24(23)21(17)16-8-5-4-6-9-16/h4-6,8-9,11-12,15,17,21,25H,7,10,13-14,23H2,1-3H3/t17-,21+/m0/s1. The third kappa shape index (κ3) is 4.05. The molecule has 2 atom stereocenters. The van der Waals surface area contributed by atoms with Gasteiger partial charge in [-0.05, 0) is 53.4 Å². The van der Waals surface area contributed by atoms with E-state index in [9.17, 15) is 5.11 Å². The van der Waals surface area contributed by atoms with E-state index in [1.54, 1.807) is 0 Å². The maximum Gasteiger partial charge on any atom is 0.118 e. The van der Waals surface area contributed by atoms with Gasteiger partial charge in [-0.2, -0.15) is 0 Å². The van der Waals surface area contributed by atoms with Crippen molar-refractivity contribution in [1.82, 2.24) is 5.01 Å². The summed E-state index contributed by atoms with van der Waals surface area (Å²) < 4.78 is 0. The quantitative estimate of drug-likeness (QED) is 0.807. The number of hydrazine groups is 1. The van der Waals surface area contributed by atoms with Crippen molar-refractivity contribution >= 4 is 0 Å². The van der Waals surface area contributed by atoms with Crippen LogP contribution in [0.25, 0.3) is 0 Å². The SMILES string of the molecule is CC(C)(C)c1ccc(O)c(C[C@@H]2CCCN(N)[C@@H]2c2ccccc2)c1. The number of aromatic hydroxyl groups is 1. The lowest BCUT2D eigenvalue weighted by Crippen LogP contribution is -2.44. The van der Waals surface area contributed by atoms with Gasteiger partial charge in [-0.3, -0.25) is 5.84 Å². The van der Waals surface area contributed by atoms with Gasteiger partial charge >= 0.3 is 0 Å². The van der Waals surface area contributed by atoms with Crippen LogP contribution in [0.2, 0.25) is 0 Å². The van der Waals surface area contributed by atoms with Gasteiger partial charge in [-0.25, -0.2) is 5.01 Å². The lowest BCUT2D eigenvalue weighted by atomic mass is 9.80. The van der Waals surface area contributed by atoms with Crippen LogP contribution in [0.15, 0.2) is 48.5 Å². The predicted molar refractivity (Wildman–Crippen MR) is 103 cm³/mol. The van der Waals surface area contributed by atoms with Crippen molar-refractivity contribution in [2.45, 2.75) is 51.5 Å². The minimum atomic E-state index is 0.0771. The van der Waals surface area contributed by atoms with Crippen molar-refractivity contribution in [3.8, 4) is 5.75 Å². The van der Waals surface area contributed by atoms with Gasteiger partial charge in [0.05, 0.1) is 6.04 Å². The molecular weight excluding hydrogens is 308 g/mol. The zero-order valence-electron chi connectivity index (χ0n) is 15.6. The van der Waals surface area contributed by atoms with Crippen molar-refractivity contribution in [1.29, 1.82) is 0 Å². The number of piperidine rings is 1. The van der Waals surface area contributed by atoms with Crippen LogP contribution in [0.4, 0.5) is 0 Å². The zero-order chi connectivity index (χ0) is 18.0. The van der Waals surface area contributed by atoms with Crippen LogP contribution in [-0.2, 0) is 11.8 Å². The highest BCUT2D eigenvalue weighted by atomic mass is 16.3. The van der Waals surface area contributed by atoms with E-state index in [1.807, 2.05) is 23.2 Å². The molecule has 0 saturated carbocycles. The molecule has 0 unspecified atom stereocenters. The number of benzene rings is 2. The summed E-state index contributed by atoms with van der Waals surface area (Å²) in [5.74, 6) is 7.17. The number of hydrogen-bond donors (Lipinski definition) is 2. The second kappa shape index (κ2) is 7.19. The van der Waals surface area contributed by atoms with Crippen molar-refractivity contribution in [2.24, 2.45) is 11.8 Å². The summed E-state index contributed by atoms with van der Waals surface area (Å²) in [6, 6.07) is 16.8. The van der Waals surface area contributed by atoms with Gasteiger partial charge in [-0.15, -0.1) is 0 Å². The Labute approximate surface area is 151 Å². The first-order valence-corrected chi connectivity index (χ1v) is 9.25. The summed E-state index contributed by atoms with van der Waals surface area (Å²) in [7, 11) is 0. The van der Waals surface area contributed by atoms with Crippen molar-refractivity contribution < 1.29 is 5.11 Å². The molecule has 0 radical (unpaired) electrons. The lowest BCUT2D eigenvalue weighted by Gasteiger charge is -2.39. The average Bonchev–Trinajstić information content (AvgIpc) is 2.57. The molecule has 0 bridgehead atoms. The van der Waals surface area contributed by atoms with Gasteiger partial charge < -0.3 is 5.11 Å². The number of phenolic OH excluding ortho intramolecular Hbond substituents is 1. The van der Waals surface area contributed by atoms with E-state index in [0.29, 0.717) is 11.7 Å². The second-order valence-electron chi connectivity index (χ2n) is 8.29. The Balaban J connectivity index is 1.90. The first-order valence-electron chi connectivity index (χ1n) is 9.25. The molecule has 1 saturated heterocycles. The minimum absolute atomic E-state index is 0.0771. The molecule has 134 valence electrons. The minimum Gasteiger partial charge on any atom is -0.508 e. The molecule has 3 rings (SSSR count). The molecule has 3 nitrogen and oxygen atoms in total. The molecule has 2 aromatic carbocycles. The maximum atomic E-state index is 10.4. The van der Waals surface area contributed by atoms with Crippen LogP contribution in [0.5, 0.6) is 5.75 Å². The van der Waals surface area contributed by atoms with E-state index in [1.165, 1.54) is 11.1 Å². The Morgan fingerprint density at radius 1 is 1.12 bits per heavy atom. The molecule has 1 aliphatic rings. The highest BCUT2D eigenvalue weighted by Gasteiger charge is 2.31. The van der Waals surface area contributed by atoms with E-state index in [-0.39, 0.29) is 11.5 Å². The third-order valence-electron chi connectivity index (χ3n) is 5.36. The Bertz CT molecular complexity index is 706. The van der Waals surface area contributed by atoms with Crippen molar-refractivity contribution in [3.63, 3.8) is 0 Å². The smallest absolute Gasteiger partial charge is 0.118 e. The first-order chi connectivity index (χ1) is 11.9. The second-order valence-corrected chi connectivity index (χ2v) is 8.29. The van der Waals surface area contributed by atoms with Gasteiger partial charge in [-0.1, -0.05) is 63.2 Å². The summed E-state index contributed by atoms with van der Waals surface area (Å²) in [6.07, 6.45) is 3.08. The number of nitrogens with two attached hydrogens (primary N) is 1. The normalized spacial score (nSPS) is 22.1. The summed E-state index contributed by atoms with van der Waals surface area (Å²) in [5, 5.41) is 12.4. The monoisotopic (exact) mass is 338 g/mol. The molecule has 2 aromatic rings. The van der Waals surface area contributed by atoms with Gasteiger partial charge in [0.15, 0.2) is 0 Å². The molecule has 0 spiro atoms. The Morgan fingerprint density at radius 3 is 2.52 bits per heavy atom. The van der Waals surface area contributed by atoms with Crippen LogP contribution >= 0.6 is 0 Å². The Morgan fingerprint density at radius 2 is 1.84 bits per heavy atom. The number of nitrogens with zero attached hydrogens (tertiary/aromatic N) is 1. The Kier molecular flexibility index (Phi) is 5.16. The maximum absolute atomic E-state index is 10.4. The van der Waals surface area contributed by atoms with E-state index < -0.39 is 0 Å². The van der Waals surface area contributed by atoms with E-state index in [2.05, 4.69) is 51.1 Å². The van der Waals surface area contributed by atoms with Gasteiger partial charge in [0, 0.05) is 6.54 Å². The lowest BCUT2D eigenvalue weighted by molar-refractivity contribution is 0.0923. The zero-order valence-corrected chi connectivity index (χ0v) is 15.6. The van der Waals surface area contributed by atoms with Crippen LogP contribution < -0.4 is 5.84 Å². The van der Waals surface area contributed by atoms with Crippen molar-refractivity contribution in [3.05, 3.63) is 65.2 Å². The van der Waals surface area contributed by atoms with Gasteiger partial charge in [0.2, 0.25) is 0 Å². The summed E-state index contributed by atoms with van der Waals surface area (Å²) in [6.45, 7) is 7.54. The van der Waals surface area contributed by atoms with Crippen LogP contribution in [0.3, 0.4) is 0 Å². The molecular formula is C22H30N2O. The highest BCUT2D eigenvalue weighted by molar-refractivity contribution is 5.39. The van der Waals surface area contributed by atoms with Crippen LogP contribution in [-0.4, -0.2) is 16.7 Å². The fourth-order valence-corrected chi connectivity index (χ4v) is 3.93. The van der Waals surface area contributed by atoms with E-state index >= 15 is 0 Å². The largest absolute Gasteiger partial charge is 0.508 e. The molecule has 3 N–H and O–H groups in total. The van der Waals surface area contributed by atoms with Crippen molar-refractivity contribution in [2.75, 3.05) is 6.54 Å². The molecule has 1 heterocycles. The van der Waals surface area contributed by atoms with E-state index in [4.69, 9.17) is 5.84 Å². The number of phenols is 1. The Hall–Kier alpha value is -1.84. The molecule has 1 aliphatic heterocycles. The molecule has 3 heteroatoms. The van der Waals surface area contributed by atoms with Crippen LogP contribution in [0.1, 0.15) is 56.3 Å². The number of hydrogen-bond acceptors (Lipinski definition) is 3. The van der Waals surface area contributed by atoms with Crippen LogP contribution in [0, 0.1) is 5.92 Å². The third-order valence-corrected chi connectivity index (χ3v) is 5.36.